The number of hydrogen-bond donors (Lipinski definition) is 0. The van der Waals surface area contributed by atoms with Crippen LogP contribution in [0.4, 0.5) is 5.69 Å². The van der Waals surface area contributed by atoms with Crippen LogP contribution in [0.2, 0.25) is 0 Å². The number of nitro groups is 1. The largest absolute Gasteiger partial charge is 0.334 e. The summed E-state index contributed by atoms with van der Waals surface area (Å²) in [4.78, 5) is 17.8. The highest BCUT2D eigenvalue weighted by molar-refractivity contribution is 5.39. The number of rotatable bonds is 5. The van der Waals surface area contributed by atoms with Crippen molar-refractivity contribution in [2.24, 2.45) is 0 Å². The van der Waals surface area contributed by atoms with Crippen molar-refractivity contribution in [3.63, 3.8) is 0 Å². The first-order chi connectivity index (χ1) is 11.2. The van der Waals surface area contributed by atoms with Crippen LogP contribution in [0.5, 0.6) is 0 Å². The van der Waals surface area contributed by atoms with E-state index >= 15 is 0 Å². The van der Waals surface area contributed by atoms with Crippen molar-refractivity contribution in [3.05, 3.63) is 58.2 Å². The minimum absolute atomic E-state index is 0.204. The normalized spacial score (nSPS) is 18.9. The van der Waals surface area contributed by atoms with Gasteiger partial charge in [-0.1, -0.05) is 24.6 Å². The zero-order chi connectivity index (χ0) is 16.2. The van der Waals surface area contributed by atoms with Crippen LogP contribution in [-0.4, -0.2) is 25.9 Å². The summed E-state index contributed by atoms with van der Waals surface area (Å²) in [5, 5.41) is 11.2. The van der Waals surface area contributed by atoms with Crippen LogP contribution in [0, 0.1) is 10.1 Å². The fourth-order valence-electron chi connectivity index (χ4n) is 3.40. The van der Waals surface area contributed by atoms with E-state index in [9.17, 15) is 10.1 Å². The molecule has 122 valence electrons. The first kappa shape index (κ1) is 15.7. The van der Waals surface area contributed by atoms with Gasteiger partial charge in [0, 0.05) is 37.1 Å². The smallest absolute Gasteiger partial charge is 0.273 e. The molecule has 0 N–H and O–H groups in total. The molecule has 0 spiro atoms. The lowest BCUT2D eigenvalue weighted by Crippen LogP contribution is -2.34. The summed E-state index contributed by atoms with van der Waals surface area (Å²) in [6, 6.07) is 7.27. The highest BCUT2D eigenvalue weighted by Crippen LogP contribution is 2.32. The molecule has 23 heavy (non-hydrogen) atoms. The maximum absolute atomic E-state index is 11.2. The maximum Gasteiger partial charge on any atom is 0.273 e. The lowest BCUT2D eigenvalue weighted by atomic mass is 10.00. The molecule has 0 radical (unpaired) electrons. The lowest BCUT2D eigenvalue weighted by Gasteiger charge is -2.35. The molecule has 1 aromatic heterocycles. The van der Waals surface area contributed by atoms with Crippen LogP contribution < -0.4 is 0 Å². The number of para-hydroxylation sites is 1. The number of piperidine rings is 1. The van der Waals surface area contributed by atoms with Crippen LogP contribution >= 0.6 is 0 Å². The summed E-state index contributed by atoms with van der Waals surface area (Å²) in [5.41, 5.74) is 0.981. The van der Waals surface area contributed by atoms with Gasteiger partial charge in [0.05, 0.1) is 11.0 Å². The number of benzene rings is 1. The molecule has 1 aliphatic rings. The predicted octanol–water partition coefficient (Wildman–Crippen LogP) is 3.54. The van der Waals surface area contributed by atoms with E-state index in [1.54, 1.807) is 12.1 Å². The number of nitro benzene ring substituents is 1. The van der Waals surface area contributed by atoms with Gasteiger partial charge in [0.1, 0.15) is 5.82 Å². The molecular weight excluding hydrogens is 292 g/mol. The number of likely N-dealkylation sites (tertiary alicyclic amines) is 1. The standard InChI is InChI=1S/C17H22N4O2/c1-2-19-12-10-18-17(19)16-9-5-6-11-20(16)13-14-7-3-4-8-15(14)21(22)23/h3-4,7-8,10,12,16H,2,5-6,9,11,13H2,1H3/t16-/m0/s1. The molecule has 1 aliphatic heterocycles. The van der Waals surface area contributed by atoms with E-state index < -0.39 is 0 Å². The quantitative estimate of drug-likeness (QED) is 0.625. The van der Waals surface area contributed by atoms with Gasteiger partial charge >= 0.3 is 0 Å². The summed E-state index contributed by atoms with van der Waals surface area (Å²) >= 11 is 0. The Morgan fingerprint density at radius 3 is 2.96 bits per heavy atom. The van der Waals surface area contributed by atoms with Crippen molar-refractivity contribution in [1.82, 2.24) is 14.5 Å². The van der Waals surface area contributed by atoms with E-state index in [0.717, 1.165) is 37.3 Å². The average Bonchev–Trinajstić information content (AvgIpc) is 3.04. The van der Waals surface area contributed by atoms with Crippen molar-refractivity contribution < 1.29 is 4.92 Å². The van der Waals surface area contributed by atoms with E-state index in [-0.39, 0.29) is 16.7 Å². The van der Waals surface area contributed by atoms with E-state index in [1.807, 2.05) is 24.5 Å². The minimum Gasteiger partial charge on any atom is -0.334 e. The first-order valence-electron chi connectivity index (χ1n) is 8.18. The van der Waals surface area contributed by atoms with Gasteiger partial charge in [0.2, 0.25) is 0 Å². The molecule has 0 amide bonds. The lowest BCUT2D eigenvalue weighted by molar-refractivity contribution is -0.385. The fourth-order valence-corrected chi connectivity index (χ4v) is 3.40. The van der Waals surface area contributed by atoms with Crippen molar-refractivity contribution in [1.29, 1.82) is 0 Å². The van der Waals surface area contributed by atoms with Crippen molar-refractivity contribution in [2.75, 3.05) is 6.54 Å². The highest BCUT2D eigenvalue weighted by atomic mass is 16.6. The molecule has 1 fully saturated rings. The van der Waals surface area contributed by atoms with Crippen LogP contribution in [-0.2, 0) is 13.1 Å². The summed E-state index contributed by atoms with van der Waals surface area (Å²) in [7, 11) is 0. The topological polar surface area (TPSA) is 64.2 Å². The molecule has 0 bridgehead atoms. The molecule has 0 saturated carbocycles. The van der Waals surface area contributed by atoms with Crippen LogP contribution in [0.1, 0.15) is 43.6 Å². The van der Waals surface area contributed by atoms with Crippen molar-refractivity contribution in [3.8, 4) is 0 Å². The Labute approximate surface area is 135 Å². The summed E-state index contributed by atoms with van der Waals surface area (Å²) in [5.74, 6) is 1.07. The van der Waals surface area contributed by atoms with Gasteiger partial charge in [-0.3, -0.25) is 15.0 Å². The summed E-state index contributed by atoms with van der Waals surface area (Å²) < 4.78 is 2.17. The number of hydrogen-bond acceptors (Lipinski definition) is 4. The monoisotopic (exact) mass is 314 g/mol. The van der Waals surface area contributed by atoms with Gasteiger partial charge in [-0.25, -0.2) is 4.98 Å². The van der Waals surface area contributed by atoms with Gasteiger partial charge in [0.15, 0.2) is 0 Å². The Bertz CT molecular complexity index is 683. The van der Waals surface area contributed by atoms with Gasteiger partial charge in [-0.05, 0) is 26.3 Å². The molecule has 1 atom stereocenters. The molecule has 0 aliphatic carbocycles. The molecular formula is C17H22N4O2. The third kappa shape index (κ3) is 3.27. The highest BCUT2D eigenvalue weighted by Gasteiger charge is 2.28. The van der Waals surface area contributed by atoms with E-state index in [2.05, 4.69) is 21.4 Å². The first-order valence-corrected chi connectivity index (χ1v) is 8.18. The minimum atomic E-state index is -0.290. The molecule has 2 aromatic rings. The van der Waals surface area contributed by atoms with E-state index in [1.165, 1.54) is 6.42 Å². The predicted molar refractivity (Wildman–Crippen MR) is 88.0 cm³/mol. The van der Waals surface area contributed by atoms with Gasteiger partial charge in [-0.15, -0.1) is 0 Å². The van der Waals surface area contributed by atoms with E-state index in [4.69, 9.17) is 0 Å². The van der Waals surface area contributed by atoms with Crippen LogP contribution in [0.25, 0.3) is 0 Å². The Hall–Kier alpha value is -2.21. The molecule has 2 heterocycles. The number of aromatic nitrogens is 2. The molecule has 1 saturated heterocycles. The summed E-state index contributed by atoms with van der Waals surface area (Å²) in [6.45, 7) is 4.55. The van der Waals surface area contributed by atoms with Crippen LogP contribution in [0.3, 0.4) is 0 Å². The van der Waals surface area contributed by atoms with Gasteiger partial charge in [0.25, 0.3) is 5.69 Å². The van der Waals surface area contributed by atoms with Crippen molar-refractivity contribution in [2.45, 2.75) is 45.3 Å². The maximum atomic E-state index is 11.2. The Kier molecular flexibility index (Phi) is 4.71. The molecule has 6 heteroatoms. The van der Waals surface area contributed by atoms with Crippen molar-refractivity contribution >= 4 is 5.69 Å². The number of imidazole rings is 1. The molecule has 3 rings (SSSR count). The number of aryl methyl sites for hydroxylation is 1. The third-order valence-electron chi connectivity index (χ3n) is 4.56. The van der Waals surface area contributed by atoms with Gasteiger partial charge < -0.3 is 4.57 Å². The zero-order valence-corrected chi connectivity index (χ0v) is 13.4. The fraction of sp³-hybridized carbons (Fsp3) is 0.471. The third-order valence-corrected chi connectivity index (χ3v) is 4.56. The Balaban J connectivity index is 1.87. The van der Waals surface area contributed by atoms with Gasteiger partial charge in [-0.2, -0.15) is 0 Å². The second-order valence-corrected chi connectivity index (χ2v) is 5.94. The zero-order valence-electron chi connectivity index (χ0n) is 13.4. The van der Waals surface area contributed by atoms with E-state index in [0.29, 0.717) is 6.54 Å². The Morgan fingerprint density at radius 2 is 2.17 bits per heavy atom. The molecule has 1 aromatic carbocycles. The number of nitrogens with zero attached hydrogens (tertiary/aromatic N) is 4. The second-order valence-electron chi connectivity index (χ2n) is 5.94. The SMILES string of the molecule is CCn1ccnc1[C@@H]1CCCCN1Cc1ccccc1[N+](=O)[O-]. The summed E-state index contributed by atoms with van der Waals surface area (Å²) in [6.07, 6.45) is 7.21. The second kappa shape index (κ2) is 6.91. The average molecular weight is 314 g/mol. The Morgan fingerprint density at radius 1 is 1.35 bits per heavy atom. The molecule has 6 nitrogen and oxygen atoms in total. The molecule has 0 unspecified atom stereocenters. The van der Waals surface area contributed by atoms with Crippen LogP contribution in [0.15, 0.2) is 36.7 Å².